The van der Waals surface area contributed by atoms with E-state index in [1.165, 1.54) is 0 Å². The number of piperidine rings is 1. The van der Waals surface area contributed by atoms with Crippen molar-refractivity contribution in [3.63, 3.8) is 0 Å². The van der Waals surface area contributed by atoms with Crippen LogP contribution < -0.4 is 0 Å². The monoisotopic (exact) mass is 372 g/mol. The van der Waals surface area contributed by atoms with Gasteiger partial charge in [-0.05, 0) is 37.8 Å². The van der Waals surface area contributed by atoms with Gasteiger partial charge in [-0.3, -0.25) is 9.78 Å². The summed E-state index contributed by atoms with van der Waals surface area (Å²) in [7, 11) is 0. The van der Waals surface area contributed by atoms with Crippen LogP contribution in [-0.2, 0) is 17.6 Å². The summed E-state index contributed by atoms with van der Waals surface area (Å²) in [6, 6.07) is 3.70. The molecular formula is C20H28N4O3. The van der Waals surface area contributed by atoms with Crippen molar-refractivity contribution in [3.8, 4) is 0 Å². The van der Waals surface area contributed by atoms with Crippen LogP contribution in [0.15, 0.2) is 22.9 Å². The number of hydrogen-bond donors (Lipinski definition) is 0. The number of carbonyl (C=O) groups excluding carboxylic acids is 1. The number of amides is 1. The second-order valence-corrected chi connectivity index (χ2v) is 7.53. The maximum absolute atomic E-state index is 12.6. The van der Waals surface area contributed by atoms with Gasteiger partial charge in [-0.15, -0.1) is 0 Å². The Balaban J connectivity index is 1.46. The molecule has 3 heterocycles. The molecule has 1 aliphatic heterocycles. The van der Waals surface area contributed by atoms with Gasteiger partial charge >= 0.3 is 0 Å². The molecule has 146 valence electrons. The summed E-state index contributed by atoms with van der Waals surface area (Å²) in [4.78, 5) is 23.1. The van der Waals surface area contributed by atoms with Gasteiger partial charge in [-0.2, -0.15) is 4.98 Å². The second-order valence-electron chi connectivity index (χ2n) is 7.53. The number of nitrogens with zero attached hydrogens (tertiary/aromatic N) is 4. The summed E-state index contributed by atoms with van der Waals surface area (Å²) in [5.41, 5.74) is 1.54. The Hall–Kier alpha value is -2.28. The Morgan fingerprint density at radius 1 is 1.41 bits per heavy atom. The molecule has 0 bridgehead atoms. The lowest BCUT2D eigenvalue weighted by atomic mass is 10.1. The molecule has 0 spiro atoms. The van der Waals surface area contributed by atoms with Gasteiger partial charge in [0.25, 0.3) is 5.91 Å². The van der Waals surface area contributed by atoms with Crippen molar-refractivity contribution in [1.82, 2.24) is 20.0 Å². The summed E-state index contributed by atoms with van der Waals surface area (Å²) in [6.45, 7) is 8.05. The predicted molar refractivity (Wildman–Crippen MR) is 100 cm³/mol. The molecule has 0 N–H and O–H groups in total. The zero-order chi connectivity index (χ0) is 19.2. The van der Waals surface area contributed by atoms with Crippen molar-refractivity contribution in [2.24, 2.45) is 5.92 Å². The maximum Gasteiger partial charge on any atom is 0.255 e. The zero-order valence-electron chi connectivity index (χ0n) is 16.4. The number of aromatic nitrogens is 3. The molecule has 1 fully saturated rings. The van der Waals surface area contributed by atoms with E-state index in [4.69, 9.17) is 9.26 Å². The first-order chi connectivity index (χ1) is 13.0. The molecule has 1 aliphatic rings. The predicted octanol–water partition coefficient (Wildman–Crippen LogP) is 2.84. The molecule has 1 saturated heterocycles. The lowest BCUT2D eigenvalue weighted by Crippen LogP contribution is -2.43. The molecule has 1 unspecified atom stereocenters. The molecule has 2 aromatic rings. The van der Waals surface area contributed by atoms with Crippen molar-refractivity contribution >= 4 is 5.91 Å². The van der Waals surface area contributed by atoms with Crippen LogP contribution in [0.1, 0.15) is 54.5 Å². The van der Waals surface area contributed by atoms with Gasteiger partial charge in [0.1, 0.15) is 0 Å². The smallest absolute Gasteiger partial charge is 0.255 e. The lowest BCUT2D eigenvalue weighted by molar-refractivity contribution is 0.00250. The van der Waals surface area contributed by atoms with Crippen LogP contribution in [0.5, 0.6) is 0 Å². The molecule has 0 aliphatic carbocycles. The van der Waals surface area contributed by atoms with Crippen molar-refractivity contribution in [3.05, 3.63) is 41.3 Å². The number of aryl methyl sites for hydroxylation is 1. The van der Waals surface area contributed by atoms with Crippen LogP contribution in [0.25, 0.3) is 0 Å². The van der Waals surface area contributed by atoms with Crippen LogP contribution in [0.3, 0.4) is 0 Å². The highest BCUT2D eigenvalue weighted by Gasteiger charge is 2.25. The van der Waals surface area contributed by atoms with Crippen molar-refractivity contribution in [2.45, 2.75) is 52.6 Å². The number of ether oxygens (including phenoxy) is 1. The first-order valence-electron chi connectivity index (χ1n) is 9.66. The van der Waals surface area contributed by atoms with E-state index < -0.39 is 0 Å². The van der Waals surface area contributed by atoms with E-state index in [0.29, 0.717) is 42.8 Å². The van der Waals surface area contributed by atoms with Gasteiger partial charge in [-0.1, -0.05) is 19.0 Å². The van der Waals surface area contributed by atoms with E-state index >= 15 is 0 Å². The fourth-order valence-electron chi connectivity index (χ4n) is 3.18. The summed E-state index contributed by atoms with van der Waals surface area (Å²) in [6.07, 6.45) is 5.00. The van der Waals surface area contributed by atoms with E-state index in [1.54, 1.807) is 6.20 Å². The first-order valence-corrected chi connectivity index (χ1v) is 9.66. The summed E-state index contributed by atoms with van der Waals surface area (Å²) >= 11 is 0. The van der Waals surface area contributed by atoms with Crippen molar-refractivity contribution in [2.75, 3.05) is 19.7 Å². The van der Waals surface area contributed by atoms with Gasteiger partial charge in [0.15, 0.2) is 5.82 Å². The average molecular weight is 372 g/mol. The average Bonchev–Trinajstić information content (AvgIpc) is 3.08. The van der Waals surface area contributed by atoms with Crippen LogP contribution in [0.2, 0.25) is 0 Å². The maximum atomic E-state index is 12.6. The molecule has 2 aromatic heterocycles. The fraction of sp³-hybridized carbons (Fsp3) is 0.600. The third kappa shape index (κ3) is 5.60. The normalized spacial score (nSPS) is 17.5. The van der Waals surface area contributed by atoms with Crippen molar-refractivity contribution in [1.29, 1.82) is 0 Å². The topological polar surface area (TPSA) is 81.4 Å². The number of likely N-dealkylation sites (tertiary alicyclic amines) is 1. The summed E-state index contributed by atoms with van der Waals surface area (Å²) < 4.78 is 11.2. The van der Waals surface area contributed by atoms with Gasteiger partial charge in [0.05, 0.1) is 18.3 Å². The van der Waals surface area contributed by atoms with E-state index in [2.05, 4.69) is 29.0 Å². The minimum atomic E-state index is 0.0206. The molecule has 1 amide bonds. The quantitative estimate of drug-likeness (QED) is 0.743. The lowest BCUT2D eigenvalue weighted by Gasteiger charge is -2.32. The minimum absolute atomic E-state index is 0.0206. The van der Waals surface area contributed by atoms with E-state index in [-0.39, 0.29) is 12.0 Å². The van der Waals surface area contributed by atoms with Gasteiger partial charge in [-0.25, -0.2) is 0 Å². The molecule has 27 heavy (non-hydrogen) atoms. The molecule has 0 saturated carbocycles. The molecule has 0 aromatic carbocycles. The number of hydrogen-bond acceptors (Lipinski definition) is 6. The van der Waals surface area contributed by atoms with Gasteiger partial charge in [0, 0.05) is 37.8 Å². The number of rotatable bonds is 7. The van der Waals surface area contributed by atoms with Crippen LogP contribution >= 0.6 is 0 Å². The highest BCUT2D eigenvalue weighted by Crippen LogP contribution is 2.16. The van der Waals surface area contributed by atoms with Crippen LogP contribution in [0.4, 0.5) is 0 Å². The van der Waals surface area contributed by atoms with E-state index in [1.807, 2.05) is 24.0 Å². The first kappa shape index (κ1) is 19.5. The molecule has 3 rings (SSSR count). The zero-order valence-corrected chi connectivity index (χ0v) is 16.4. The Morgan fingerprint density at radius 2 is 2.26 bits per heavy atom. The largest absolute Gasteiger partial charge is 0.376 e. The van der Waals surface area contributed by atoms with Gasteiger partial charge in [0.2, 0.25) is 5.89 Å². The van der Waals surface area contributed by atoms with Crippen molar-refractivity contribution < 1.29 is 14.1 Å². The molecular weight excluding hydrogens is 344 g/mol. The Morgan fingerprint density at radius 3 is 3.00 bits per heavy atom. The number of carbonyl (C=O) groups is 1. The Bertz CT molecular complexity index is 742. The third-order valence-electron chi connectivity index (χ3n) is 4.60. The number of pyridine rings is 1. The van der Waals surface area contributed by atoms with Gasteiger partial charge < -0.3 is 14.2 Å². The van der Waals surface area contributed by atoms with Crippen LogP contribution in [0, 0.1) is 12.8 Å². The molecule has 7 nitrogen and oxygen atoms in total. The summed E-state index contributed by atoms with van der Waals surface area (Å²) in [5.74, 6) is 1.87. The van der Waals surface area contributed by atoms with E-state index in [9.17, 15) is 4.79 Å². The SMILES string of the molecule is Cc1ccc(C(=O)N2CCCC(OCCc3noc(CC(C)C)n3)C2)cn1. The highest BCUT2D eigenvalue weighted by molar-refractivity contribution is 5.94. The second kappa shape index (κ2) is 9.08. The van der Waals surface area contributed by atoms with Crippen LogP contribution in [-0.4, -0.2) is 51.7 Å². The molecule has 7 heteroatoms. The third-order valence-corrected chi connectivity index (χ3v) is 4.60. The van der Waals surface area contributed by atoms with E-state index in [0.717, 1.165) is 31.5 Å². The Labute approximate surface area is 160 Å². The fourth-order valence-corrected chi connectivity index (χ4v) is 3.18. The minimum Gasteiger partial charge on any atom is -0.376 e. The highest BCUT2D eigenvalue weighted by atomic mass is 16.5. The molecule has 0 radical (unpaired) electrons. The molecule has 1 atom stereocenters. The Kier molecular flexibility index (Phi) is 6.55. The summed E-state index contributed by atoms with van der Waals surface area (Å²) in [5, 5.41) is 4.00. The standard InChI is InChI=1S/C20H28N4O3/c1-14(2)11-19-22-18(23-27-19)8-10-26-17-5-4-9-24(13-17)20(25)16-7-6-15(3)21-12-16/h6-7,12,14,17H,4-5,8-11,13H2,1-3H3.